The number of amides is 1. The molecule has 2 aliphatic rings. The van der Waals surface area contributed by atoms with E-state index in [0.717, 1.165) is 23.4 Å². The SMILES string of the molecule is Cc1cc(NC(=O)Cc2ccc3c(c2)OCC3)n([C@H]2CCS(=O)(=O)C2)n1. The molecule has 8 heteroatoms. The Labute approximate surface area is 152 Å². The molecule has 0 aliphatic carbocycles. The lowest BCUT2D eigenvalue weighted by Gasteiger charge is -2.14. The highest BCUT2D eigenvalue weighted by Crippen LogP contribution is 2.28. The summed E-state index contributed by atoms with van der Waals surface area (Å²) >= 11 is 0. The highest BCUT2D eigenvalue weighted by molar-refractivity contribution is 7.91. The number of sulfone groups is 1. The zero-order valence-electron chi connectivity index (χ0n) is 14.6. The number of carbonyl (C=O) groups excluding carboxylic acids is 1. The zero-order valence-corrected chi connectivity index (χ0v) is 15.4. The summed E-state index contributed by atoms with van der Waals surface area (Å²) in [7, 11) is -3.02. The second-order valence-electron chi connectivity index (χ2n) is 6.94. The number of nitrogens with zero attached hydrogens (tertiary/aromatic N) is 2. The number of aryl methyl sites for hydroxylation is 1. The number of hydrogen-bond acceptors (Lipinski definition) is 5. The molecule has 26 heavy (non-hydrogen) atoms. The van der Waals surface area contributed by atoms with Crippen molar-refractivity contribution in [2.75, 3.05) is 23.4 Å². The van der Waals surface area contributed by atoms with Crippen molar-refractivity contribution in [3.05, 3.63) is 41.1 Å². The fourth-order valence-electron chi connectivity index (χ4n) is 3.55. The van der Waals surface area contributed by atoms with Gasteiger partial charge in [-0.2, -0.15) is 5.10 Å². The average Bonchev–Trinajstić information content (AvgIpc) is 3.25. The lowest BCUT2D eigenvalue weighted by molar-refractivity contribution is -0.115. The van der Waals surface area contributed by atoms with Crippen LogP contribution < -0.4 is 10.1 Å². The van der Waals surface area contributed by atoms with Crippen LogP contribution in [-0.2, 0) is 27.5 Å². The van der Waals surface area contributed by atoms with Crippen LogP contribution in [0.5, 0.6) is 5.75 Å². The van der Waals surface area contributed by atoms with Gasteiger partial charge >= 0.3 is 0 Å². The standard InChI is InChI=1S/C18H21N3O4S/c1-12-8-17(21(20-12)15-5-7-26(23,24)11-15)19-18(22)10-13-2-3-14-4-6-25-16(14)9-13/h2-3,8-9,15H,4-7,10-11H2,1H3,(H,19,22)/t15-/m0/s1. The number of anilines is 1. The third kappa shape index (κ3) is 3.46. The van der Waals surface area contributed by atoms with Gasteiger partial charge in [0, 0.05) is 12.5 Å². The normalized spacial score (nSPS) is 20.6. The van der Waals surface area contributed by atoms with Gasteiger partial charge in [0.25, 0.3) is 0 Å². The first-order valence-corrected chi connectivity index (χ1v) is 10.5. The monoisotopic (exact) mass is 375 g/mol. The molecule has 1 aromatic carbocycles. The van der Waals surface area contributed by atoms with E-state index in [0.29, 0.717) is 18.8 Å². The number of fused-ring (bicyclic) bond motifs is 1. The minimum Gasteiger partial charge on any atom is -0.493 e. The molecule has 1 amide bonds. The molecular formula is C18H21N3O4S. The first-order valence-electron chi connectivity index (χ1n) is 8.71. The lowest BCUT2D eigenvalue weighted by Crippen LogP contribution is -2.20. The minimum atomic E-state index is -3.02. The summed E-state index contributed by atoms with van der Waals surface area (Å²) in [5, 5.41) is 7.26. The van der Waals surface area contributed by atoms with Crippen molar-refractivity contribution in [1.29, 1.82) is 0 Å². The van der Waals surface area contributed by atoms with Gasteiger partial charge in [-0.1, -0.05) is 12.1 Å². The van der Waals surface area contributed by atoms with Crippen molar-refractivity contribution in [2.24, 2.45) is 0 Å². The molecule has 0 spiro atoms. The van der Waals surface area contributed by atoms with Gasteiger partial charge in [0.15, 0.2) is 9.84 Å². The van der Waals surface area contributed by atoms with Gasteiger partial charge in [-0.05, 0) is 30.5 Å². The summed E-state index contributed by atoms with van der Waals surface area (Å²) in [6, 6.07) is 7.40. The Balaban J connectivity index is 1.48. The van der Waals surface area contributed by atoms with Crippen LogP contribution in [0.4, 0.5) is 5.82 Å². The Bertz CT molecular complexity index is 965. The molecule has 0 saturated carbocycles. The predicted molar refractivity (Wildman–Crippen MR) is 97.2 cm³/mol. The second-order valence-corrected chi connectivity index (χ2v) is 9.17. The molecule has 3 heterocycles. The quantitative estimate of drug-likeness (QED) is 0.878. The van der Waals surface area contributed by atoms with E-state index in [1.54, 1.807) is 10.7 Å². The maximum Gasteiger partial charge on any atom is 0.229 e. The molecule has 7 nitrogen and oxygen atoms in total. The van der Waals surface area contributed by atoms with E-state index in [1.165, 1.54) is 5.56 Å². The van der Waals surface area contributed by atoms with E-state index >= 15 is 0 Å². The number of hydrogen-bond donors (Lipinski definition) is 1. The molecule has 2 aliphatic heterocycles. The molecule has 0 unspecified atom stereocenters. The largest absolute Gasteiger partial charge is 0.493 e. The van der Waals surface area contributed by atoms with Gasteiger partial charge in [-0.25, -0.2) is 13.1 Å². The average molecular weight is 375 g/mol. The van der Waals surface area contributed by atoms with Crippen LogP contribution in [-0.4, -0.2) is 42.2 Å². The van der Waals surface area contributed by atoms with Crippen molar-refractivity contribution < 1.29 is 17.9 Å². The van der Waals surface area contributed by atoms with E-state index in [2.05, 4.69) is 10.4 Å². The minimum absolute atomic E-state index is 0.0686. The molecule has 0 radical (unpaired) electrons. The van der Waals surface area contributed by atoms with Crippen molar-refractivity contribution in [1.82, 2.24) is 9.78 Å². The summed E-state index contributed by atoms with van der Waals surface area (Å²) in [6.07, 6.45) is 1.66. The van der Waals surface area contributed by atoms with Crippen molar-refractivity contribution in [3.63, 3.8) is 0 Å². The van der Waals surface area contributed by atoms with Crippen LogP contribution in [0.1, 0.15) is 29.3 Å². The van der Waals surface area contributed by atoms with Crippen LogP contribution in [0.3, 0.4) is 0 Å². The molecule has 1 N–H and O–H groups in total. The second kappa shape index (κ2) is 6.42. The highest BCUT2D eigenvalue weighted by Gasteiger charge is 2.31. The van der Waals surface area contributed by atoms with E-state index in [1.807, 2.05) is 25.1 Å². The Morgan fingerprint density at radius 3 is 3.00 bits per heavy atom. The Morgan fingerprint density at radius 2 is 2.23 bits per heavy atom. The number of carbonyl (C=O) groups is 1. The summed E-state index contributed by atoms with van der Waals surface area (Å²) in [4.78, 5) is 12.5. The van der Waals surface area contributed by atoms with Gasteiger partial charge in [0.05, 0.1) is 36.3 Å². The molecular weight excluding hydrogens is 354 g/mol. The first-order chi connectivity index (χ1) is 12.4. The molecule has 1 atom stereocenters. The number of benzene rings is 1. The molecule has 4 rings (SSSR count). The topological polar surface area (TPSA) is 90.3 Å². The van der Waals surface area contributed by atoms with Gasteiger partial charge in [0.1, 0.15) is 11.6 Å². The number of ether oxygens (including phenoxy) is 1. The summed E-state index contributed by atoms with van der Waals surface area (Å²) in [6.45, 7) is 2.52. The Hall–Kier alpha value is -2.35. The van der Waals surface area contributed by atoms with Crippen LogP contribution in [0.15, 0.2) is 24.3 Å². The third-order valence-corrected chi connectivity index (χ3v) is 6.56. The van der Waals surface area contributed by atoms with E-state index < -0.39 is 9.84 Å². The van der Waals surface area contributed by atoms with Gasteiger partial charge in [0.2, 0.25) is 5.91 Å². The summed E-state index contributed by atoms with van der Waals surface area (Å²) in [5.74, 6) is 1.47. The molecule has 1 fully saturated rings. The highest BCUT2D eigenvalue weighted by atomic mass is 32.2. The predicted octanol–water partition coefficient (Wildman–Crippen LogP) is 1.67. The van der Waals surface area contributed by atoms with Gasteiger partial charge in [-0.15, -0.1) is 0 Å². The van der Waals surface area contributed by atoms with E-state index in [4.69, 9.17) is 4.74 Å². The maximum absolute atomic E-state index is 12.5. The third-order valence-electron chi connectivity index (χ3n) is 4.80. The molecule has 1 aromatic heterocycles. The van der Waals surface area contributed by atoms with Crippen molar-refractivity contribution in [3.8, 4) is 5.75 Å². The Morgan fingerprint density at radius 1 is 1.38 bits per heavy atom. The molecule has 1 saturated heterocycles. The number of rotatable bonds is 4. The van der Waals surface area contributed by atoms with Crippen molar-refractivity contribution in [2.45, 2.75) is 32.2 Å². The van der Waals surface area contributed by atoms with Crippen LogP contribution in [0.2, 0.25) is 0 Å². The summed E-state index contributed by atoms with van der Waals surface area (Å²) in [5.41, 5.74) is 2.80. The molecule has 138 valence electrons. The van der Waals surface area contributed by atoms with E-state index in [-0.39, 0.29) is 29.9 Å². The van der Waals surface area contributed by atoms with Crippen LogP contribution in [0.25, 0.3) is 0 Å². The fourth-order valence-corrected chi connectivity index (χ4v) is 5.24. The van der Waals surface area contributed by atoms with E-state index in [9.17, 15) is 13.2 Å². The van der Waals surface area contributed by atoms with Gasteiger partial charge < -0.3 is 10.1 Å². The van der Waals surface area contributed by atoms with Gasteiger partial charge in [-0.3, -0.25) is 4.79 Å². The summed E-state index contributed by atoms with van der Waals surface area (Å²) < 4.78 is 30.7. The van der Waals surface area contributed by atoms with Crippen LogP contribution in [0, 0.1) is 6.92 Å². The first kappa shape index (κ1) is 17.1. The maximum atomic E-state index is 12.5. The zero-order chi connectivity index (χ0) is 18.3. The molecule has 0 bridgehead atoms. The van der Waals surface area contributed by atoms with Crippen molar-refractivity contribution >= 4 is 21.6 Å². The Kier molecular flexibility index (Phi) is 4.22. The number of nitrogens with one attached hydrogen (secondary N) is 1. The molecule has 2 aromatic rings. The fraction of sp³-hybridized carbons (Fsp3) is 0.444. The lowest BCUT2D eigenvalue weighted by atomic mass is 10.1. The smallest absolute Gasteiger partial charge is 0.229 e. The van der Waals surface area contributed by atoms with Crippen LogP contribution >= 0.6 is 0 Å². The number of aromatic nitrogens is 2.